The third-order valence-electron chi connectivity index (χ3n) is 11.1. The molecule has 8 nitrogen and oxygen atoms in total. The van der Waals surface area contributed by atoms with Gasteiger partial charge in [0.1, 0.15) is 0 Å². The number of benzene rings is 2. The lowest BCUT2D eigenvalue weighted by Gasteiger charge is -2.18. The van der Waals surface area contributed by atoms with Gasteiger partial charge in [-0.2, -0.15) is 0 Å². The van der Waals surface area contributed by atoms with E-state index in [0.717, 1.165) is 51.5 Å². The van der Waals surface area contributed by atoms with Crippen molar-refractivity contribution < 1.29 is 28.7 Å². The smallest absolute Gasteiger partial charge is 0.305 e. The molecule has 0 radical (unpaired) electrons. The Labute approximate surface area is 345 Å². The van der Waals surface area contributed by atoms with Gasteiger partial charge < -0.3 is 15.4 Å². The predicted octanol–water partition coefficient (Wildman–Crippen LogP) is 11.8. The molecule has 0 bridgehead atoms. The number of hydrogen-bond acceptors (Lipinski definition) is 6. The van der Waals surface area contributed by atoms with Gasteiger partial charge in [-0.1, -0.05) is 162 Å². The third kappa shape index (κ3) is 20.4. The van der Waals surface area contributed by atoms with Gasteiger partial charge in [-0.15, -0.1) is 0 Å². The highest BCUT2D eigenvalue weighted by Gasteiger charge is 2.30. The van der Waals surface area contributed by atoms with Crippen LogP contribution in [0.25, 0.3) is 0 Å². The van der Waals surface area contributed by atoms with Crippen LogP contribution in [0, 0.1) is 11.8 Å². The largest absolute Gasteiger partial charge is 0.466 e. The summed E-state index contributed by atoms with van der Waals surface area (Å²) in [6, 6.07) is 11.5. The monoisotopic (exact) mass is 789 g/mol. The fourth-order valence-electron chi connectivity index (χ4n) is 6.74. The highest BCUT2D eigenvalue weighted by molar-refractivity contribution is 6.28. The second kappa shape index (κ2) is 30.3. The fraction of sp³-hybridized carbons (Fsp3) is 0.653. The van der Waals surface area contributed by atoms with E-state index in [9.17, 15) is 24.0 Å². The minimum atomic E-state index is -0.225. The highest BCUT2D eigenvalue weighted by atomic mass is 16.5. The van der Waals surface area contributed by atoms with Crippen molar-refractivity contribution in [3.63, 3.8) is 0 Å². The summed E-state index contributed by atoms with van der Waals surface area (Å²) in [4.78, 5) is 61.0. The van der Waals surface area contributed by atoms with Crippen molar-refractivity contribution in [3.05, 3.63) is 70.3 Å². The normalized spacial score (nSPS) is 12.8. The van der Waals surface area contributed by atoms with Crippen molar-refractivity contribution in [3.8, 4) is 0 Å². The summed E-state index contributed by atoms with van der Waals surface area (Å²) in [7, 11) is 0. The Hall–Kier alpha value is -3.81. The van der Waals surface area contributed by atoms with E-state index in [4.69, 9.17) is 4.74 Å². The van der Waals surface area contributed by atoms with Crippen molar-refractivity contribution >= 4 is 29.4 Å². The summed E-state index contributed by atoms with van der Waals surface area (Å²) in [5.74, 6) is 0.400. The van der Waals surface area contributed by atoms with Crippen LogP contribution in [0.2, 0.25) is 0 Å². The minimum Gasteiger partial charge on any atom is -0.466 e. The molecule has 2 amide bonds. The van der Waals surface area contributed by atoms with E-state index in [-0.39, 0.29) is 29.4 Å². The average Bonchev–Trinajstić information content (AvgIpc) is 3.23. The van der Waals surface area contributed by atoms with E-state index in [2.05, 4.69) is 45.3 Å². The maximum absolute atomic E-state index is 12.7. The quantitative estimate of drug-likeness (QED) is 0.0534. The zero-order valence-electron chi connectivity index (χ0n) is 36.3. The second-order valence-corrected chi connectivity index (χ2v) is 16.2. The van der Waals surface area contributed by atoms with E-state index in [1.54, 1.807) is 36.4 Å². The van der Waals surface area contributed by atoms with Crippen LogP contribution in [-0.4, -0.2) is 49.0 Å². The zero-order chi connectivity index (χ0) is 41.7. The summed E-state index contributed by atoms with van der Waals surface area (Å²) in [5.41, 5.74) is 1.88. The molecule has 318 valence electrons. The van der Waals surface area contributed by atoms with E-state index in [1.807, 2.05) is 0 Å². The molecule has 2 unspecified atom stereocenters. The minimum absolute atomic E-state index is 0.0593. The Kier molecular flexibility index (Phi) is 26.2. The van der Waals surface area contributed by atoms with Crippen LogP contribution in [0.3, 0.4) is 0 Å². The number of fused-ring (bicyclic) bond motifs is 2. The van der Waals surface area contributed by atoms with Gasteiger partial charge in [0, 0.05) is 53.7 Å². The number of hydrogen-bond donors (Lipinski definition) is 2. The number of unbranched alkanes of at least 4 members (excludes halogenated alkanes) is 16. The van der Waals surface area contributed by atoms with Crippen LogP contribution in [0.5, 0.6) is 0 Å². The maximum atomic E-state index is 12.7. The topological polar surface area (TPSA) is 119 Å². The first kappa shape index (κ1) is 49.3. The first-order chi connectivity index (χ1) is 27.6. The molecule has 0 saturated heterocycles. The molecule has 1 aliphatic rings. The average molecular weight is 789 g/mol. The van der Waals surface area contributed by atoms with Crippen LogP contribution < -0.4 is 10.6 Å². The Balaban J connectivity index is 0.000000410. The van der Waals surface area contributed by atoms with Gasteiger partial charge in [-0.05, 0) is 55.7 Å². The lowest BCUT2D eigenvalue weighted by Crippen LogP contribution is -2.29. The standard InChI is InChI=1S/C29H57NO3.C20H19NO3/c1-4-6-7-8-9-10-11-12-13-14-15-16-17-18-21-24-29(32)33-25-22-19-20-23-28(31)30-26-27(3)5-2;1-3-12(2)11-21-20(24)13-8-9-16-17(10-13)19(23)15-7-5-4-6-14(15)18(16)22/h27H,4-26H2,1-3H3,(H,30,31);4-10,12H,3,11H2,1-2H3,(H,21,24). The summed E-state index contributed by atoms with van der Waals surface area (Å²) in [6.07, 6.45) is 25.9. The van der Waals surface area contributed by atoms with Gasteiger partial charge in [0.25, 0.3) is 5.91 Å². The molecule has 0 saturated carbocycles. The van der Waals surface area contributed by atoms with E-state index in [1.165, 1.54) is 89.5 Å². The number of amides is 2. The third-order valence-corrected chi connectivity index (χ3v) is 11.1. The maximum Gasteiger partial charge on any atom is 0.305 e. The summed E-state index contributed by atoms with van der Waals surface area (Å²) in [5, 5.41) is 5.85. The van der Waals surface area contributed by atoms with Crippen LogP contribution in [0.15, 0.2) is 42.5 Å². The molecule has 2 N–H and O–H groups in total. The van der Waals surface area contributed by atoms with E-state index < -0.39 is 0 Å². The number of carbonyl (C=O) groups is 5. The molecule has 0 heterocycles. The number of carbonyl (C=O) groups excluding carboxylic acids is 5. The Morgan fingerprint density at radius 3 is 1.54 bits per heavy atom. The van der Waals surface area contributed by atoms with E-state index >= 15 is 0 Å². The first-order valence-corrected chi connectivity index (χ1v) is 22.7. The van der Waals surface area contributed by atoms with Crippen molar-refractivity contribution in [2.75, 3.05) is 19.7 Å². The fourth-order valence-corrected chi connectivity index (χ4v) is 6.74. The van der Waals surface area contributed by atoms with E-state index in [0.29, 0.717) is 65.6 Å². The highest BCUT2D eigenvalue weighted by Crippen LogP contribution is 2.28. The zero-order valence-corrected chi connectivity index (χ0v) is 36.3. The van der Waals surface area contributed by atoms with Gasteiger partial charge in [0.15, 0.2) is 11.6 Å². The SMILES string of the molecule is CCC(C)CNC(=O)c1ccc2c(c1)C(=O)c1ccccc1C2=O.CCCCCCCCCCCCCCCCCC(=O)OCCCCCC(=O)NCC(C)CC. The molecule has 0 spiro atoms. The molecule has 1 aliphatic carbocycles. The molecule has 8 heteroatoms. The second-order valence-electron chi connectivity index (χ2n) is 16.2. The lowest BCUT2D eigenvalue weighted by atomic mass is 9.83. The van der Waals surface area contributed by atoms with Crippen LogP contribution in [-0.2, 0) is 14.3 Å². The van der Waals surface area contributed by atoms with Crippen LogP contribution in [0.1, 0.15) is 218 Å². The first-order valence-electron chi connectivity index (χ1n) is 22.7. The summed E-state index contributed by atoms with van der Waals surface area (Å²) in [6.45, 7) is 12.5. The number of rotatable bonds is 29. The molecule has 0 fully saturated rings. The van der Waals surface area contributed by atoms with Crippen molar-refractivity contribution in [2.45, 2.75) is 176 Å². The van der Waals surface area contributed by atoms with Gasteiger partial charge in [-0.25, -0.2) is 0 Å². The number of esters is 1. The summed E-state index contributed by atoms with van der Waals surface area (Å²) >= 11 is 0. The molecular formula is C49H76N2O6. The molecular weight excluding hydrogens is 713 g/mol. The molecule has 0 aliphatic heterocycles. The Morgan fingerprint density at radius 2 is 1.00 bits per heavy atom. The number of ketones is 2. The molecule has 0 aromatic heterocycles. The molecule has 2 aromatic rings. The van der Waals surface area contributed by atoms with Crippen LogP contribution >= 0.6 is 0 Å². The van der Waals surface area contributed by atoms with Gasteiger partial charge in [0.05, 0.1) is 6.61 Å². The van der Waals surface area contributed by atoms with Crippen molar-refractivity contribution in [1.82, 2.24) is 10.6 Å². The van der Waals surface area contributed by atoms with Gasteiger partial charge in [-0.3, -0.25) is 24.0 Å². The lowest BCUT2D eigenvalue weighted by molar-refractivity contribution is -0.144. The molecule has 57 heavy (non-hydrogen) atoms. The molecule has 2 aromatic carbocycles. The van der Waals surface area contributed by atoms with Crippen molar-refractivity contribution in [1.29, 1.82) is 0 Å². The Bertz CT molecular complexity index is 1490. The van der Waals surface area contributed by atoms with Crippen LogP contribution in [0.4, 0.5) is 0 Å². The van der Waals surface area contributed by atoms with Gasteiger partial charge in [0.2, 0.25) is 5.91 Å². The molecule has 2 atom stereocenters. The summed E-state index contributed by atoms with van der Waals surface area (Å²) < 4.78 is 5.32. The van der Waals surface area contributed by atoms with Crippen molar-refractivity contribution in [2.24, 2.45) is 11.8 Å². The number of ether oxygens (including phenoxy) is 1. The predicted molar refractivity (Wildman–Crippen MR) is 233 cm³/mol. The number of nitrogens with one attached hydrogen (secondary N) is 2. The van der Waals surface area contributed by atoms with Gasteiger partial charge >= 0.3 is 5.97 Å². The molecule has 3 rings (SSSR count). The Morgan fingerprint density at radius 1 is 0.544 bits per heavy atom.